The molecule has 3 aromatic rings. The van der Waals surface area contributed by atoms with Crippen LogP contribution in [0.15, 0.2) is 64.8 Å². The van der Waals surface area contributed by atoms with E-state index in [2.05, 4.69) is 52.7 Å². The molecule has 8 rings (SSSR count). The molecule has 3 aliphatic heterocycles. The second-order valence-corrected chi connectivity index (χ2v) is 12.4. The van der Waals surface area contributed by atoms with Crippen molar-refractivity contribution in [3.05, 3.63) is 98.7 Å². The molecule has 1 fully saturated rings. The number of nitrogens with one attached hydrogen (secondary N) is 1. The number of ether oxygens (including phenoxy) is 7. The Balaban J connectivity index is 1.21. The molecule has 0 unspecified atom stereocenters. The highest BCUT2D eigenvalue weighted by Gasteiger charge is 2.40. The van der Waals surface area contributed by atoms with Crippen LogP contribution in [0.3, 0.4) is 0 Å². The van der Waals surface area contributed by atoms with Crippen molar-refractivity contribution >= 4 is 6.08 Å². The third-order valence-corrected chi connectivity index (χ3v) is 10.1. The lowest BCUT2D eigenvalue weighted by Crippen LogP contribution is -2.34. The van der Waals surface area contributed by atoms with Crippen LogP contribution in [-0.2, 0) is 24.1 Å². The van der Waals surface area contributed by atoms with Crippen LogP contribution in [0.4, 0.5) is 0 Å². The van der Waals surface area contributed by atoms with Gasteiger partial charge in [0.1, 0.15) is 5.70 Å². The Hall–Kier alpha value is -5.11. The first-order valence-corrected chi connectivity index (χ1v) is 16.2. The number of methoxy groups -OCH3 is 6. The van der Waals surface area contributed by atoms with Gasteiger partial charge in [-0.25, -0.2) is 0 Å². The Bertz CT molecular complexity index is 1970. The fourth-order valence-electron chi connectivity index (χ4n) is 7.87. The number of piperidine rings is 1. The summed E-state index contributed by atoms with van der Waals surface area (Å²) < 4.78 is 41.7. The third kappa shape index (κ3) is 4.60. The normalized spacial score (nSPS) is 18.3. The van der Waals surface area contributed by atoms with E-state index in [0.29, 0.717) is 29.6 Å². The minimum absolute atomic E-state index is 0.160. The largest absolute Gasteiger partial charge is 0.493 e. The first-order valence-electron chi connectivity index (χ1n) is 16.2. The number of allylic oxidation sites excluding steroid dienone is 3. The zero-order valence-corrected chi connectivity index (χ0v) is 28.2. The molecule has 48 heavy (non-hydrogen) atoms. The number of rotatable bonds is 8. The van der Waals surface area contributed by atoms with Crippen LogP contribution in [-0.4, -0.2) is 60.6 Å². The van der Waals surface area contributed by atoms with Gasteiger partial charge >= 0.3 is 5.76 Å². The van der Waals surface area contributed by atoms with Crippen LogP contribution < -0.4 is 33.7 Å². The van der Waals surface area contributed by atoms with E-state index < -0.39 is 0 Å². The van der Waals surface area contributed by atoms with Crippen LogP contribution in [0.25, 0.3) is 17.2 Å². The summed E-state index contributed by atoms with van der Waals surface area (Å²) in [5, 5.41) is 3.72. The highest BCUT2D eigenvalue weighted by atomic mass is 16.5. The molecule has 0 spiro atoms. The Kier molecular flexibility index (Phi) is 7.46. The summed E-state index contributed by atoms with van der Waals surface area (Å²) in [5.74, 6) is 5.31. The first-order chi connectivity index (χ1) is 23.5. The molecule has 9 heteroatoms. The molecule has 2 aliphatic carbocycles. The summed E-state index contributed by atoms with van der Waals surface area (Å²) in [6.07, 6.45) is 10.5. The Morgan fingerprint density at radius 3 is 2.31 bits per heavy atom. The fourth-order valence-corrected chi connectivity index (χ4v) is 7.87. The van der Waals surface area contributed by atoms with Gasteiger partial charge in [-0.3, -0.25) is 0 Å². The molecule has 9 nitrogen and oxygen atoms in total. The molecule has 1 atom stereocenters. The summed E-state index contributed by atoms with van der Waals surface area (Å²) in [6, 6.07) is 10.5. The monoisotopic (exact) mass is 647 g/mol. The predicted octanol–water partition coefficient (Wildman–Crippen LogP) is 6.31. The Labute approximate surface area is 281 Å². The van der Waals surface area contributed by atoms with E-state index in [9.17, 15) is 0 Å². The van der Waals surface area contributed by atoms with Gasteiger partial charge in [0.15, 0.2) is 40.1 Å². The quantitative estimate of drug-likeness (QED) is 0.283. The van der Waals surface area contributed by atoms with Gasteiger partial charge in [-0.05, 0) is 77.5 Å². The second kappa shape index (κ2) is 11.8. The topological polar surface area (TPSA) is 79.9 Å². The maximum atomic E-state index is 6.70. The summed E-state index contributed by atoms with van der Waals surface area (Å²) in [5.41, 5.74) is 11.3. The minimum atomic E-state index is 0.160. The van der Waals surface area contributed by atoms with Gasteiger partial charge in [-0.15, -0.1) is 0 Å². The number of benzene rings is 3. The van der Waals surface area contributed by atoms with Crippen LogP contribution in [0.1, 0.15) is 40.3 Å². The van der Waals surface area contributed by atoms with Gasteiger partial charge in [0.2, 0.25) is 0 Å². The molecular weight excluding hydrogens is 608 g/mol. The SMILES string of the molecule is COC1=C(Oc2cc3c(cc2OC)-c2c(OC)c(OC)cc4c2[C@H](C3)NCC4)[C+]=C2C(=C1)CCN1Cc3c(ccc(OC)c3OC)C=C21. The van der Waals surface area contributed by atoms with Crippen LogP contribution in [0.2, 0.25) is 0 Å². The van der Waals surface area contributed by atoms with E-state index >= 15 is 0 Å². The summed E-state index contributed by atoms with van der Waals surface area (Å²) >= 11 is 0. The number of nitrogens with zero attached hydrogens (tertiary/aromatic N) is 1. The standard InChI is InChI=1S/C39H39N2O7/c1-42-30-8-7-21-14-29-25-18-34(31(43-2)15-22(25)10-12-41(29)20-27(21)38(30)46-5)48-33-17-24-13-28-36-23(9-11-40-28)16-35(45-4)39(47-6)37(36)26(24)19-32(33)44-3/h7-8,14-17,19,28,40H,9-13,20H2,1-6H3/q+1/t28-/m0/s1. The van der Waals surface area contributed by atoms with Crippen molar-refractivity contribution in [2.45, 2.75) is 31.8 Å². The van der Waals surface area contributed by atoms with Crippen LogP contribution in [0.5, 0.6) is 34.5 Å². The average molecular weight is 648 g/mol. The van der Waals surface area contributed by atoms with E-state index in [1.807, 2.05) is 6.07 Å². The number of hydrogen-bond acceptors (Lipinski definition) is 9. The van der Waals surface area contributed by atoms with Crippen molar-refractivity contribution in [2.24, 2.45) is 0 Å². The Morgan fingerprint density at radius 2 is 1.56 bits per heavy atom. The maximum Gasteiger partial charge on any atom is 0.308 e. The van der Waals surface area contributed by atoms with Crippen molar-refractivity contribution in [3.63, 3.8) is 0 Å². The molecule has 3 aromatic carbocycles. The summed E-state index contributed by atoms with van der Waals surface area (Å²) in [6.45, 7) is 2.48. The molecule has 5 aliphatic rings. The molecule has 1 saturated heterocycles. The van der Waals surface area contributed by atoms with Gasteiger partial charge in [0.25, 0.3) is 5.76 Å². The lowest BCUT2D eigenvalue weighted by atomic mass is 9.77. The minimum Gasteiger partial charge on any atom is -0.493 e. The van der Waals surface area contributed by atoms with E-state index in [4.69, 9.17) is 33.2 Å². The van der Waals surface area contributed by atoms with Gasteiger partial charge in [0, 0.05) is 36.2 Å². The number of fused-ring (bicyclic) bond motifs is 6. The molecule has 0 aromatic heterocycles. The zero-order chi connectivity index (χ0) is 33.1. The van der Waals surface area contributed by atoms with Crippen LogP contribution in [0, 0.1) is 6.08 Å². The highest BCUT2D eigenvalue weighted by Crippen LogP contribution is 2.53. The third-order valence-electron chi connectivity index (χ3n) is 10.1. The number of hydrogen-bond donors (Lipinski definition) is 1. The maximum absolute atomic E-state index is 6.70. The second-order valence-electron chi connectivity index (χ2n) is 12.4. The molecule has 0 bridgehead atoms. The van der Waals surface area contributed by atoms with Crippen molar-refractivity contribution in [1.82, 2.24) is 10.2 Å². The smallest absolute Gasteiger partial charge is 0.308 e. The first kappa shape index (κ1) is 30.2. The molecule has 0 radical (unpaired) electrons. The van der Waals surface area contributed by atoms with E-state index in [1.54, 1.807) is 42.7 Å². The van der Waals surface area contributed by atoms with Crippen molar-refractivity contribution in [3.8, 4) is 45.6 Å². The lowest BCUT2D eigenvalue weighted by Gasteiger charge is -2.36. The average Bonchev–Trinajstić information content (AvgIpc) is 3.12. The molecule has 1 N–H and O–H groups in total. The van der Waals surface area contributed by atoms with Crippen LogP contribution >= 0.6 is 0 Å². The summed E-state index contributed by atoms with van der Waals surface area (Å²) in [7, 11) is 10.1. The van der Waals surface area contributed by atoms with Crippen molar-refractivity contribution < 1.29 is 33.2 Å². The van der Waals surface area contributed by atoms with Gasteiger partial charge in [-0.2, -0.15) is 0 Å². The zero-order valence-electron chi connectivity index (χ0n) is 28.2. The molecule has 0 amide bonds. The lowest BCUT2D eigenvalue weighted by molar-refractivity contribution is 0.269. The molecule has 0 saturated carbocycles. The van der Waals surface area contributed by atoms with E-state index in [-0.39, 0.29) is 6.04 Å². The highest BCUT2D eigenvalue weighted by molar-refractivity contribution is 5.85. The Morgan fingerprint density at radius 1 is 0.771 bits per heavy atom. The van der Waals surface area contributed by atoms with Gasteiger partial charge < -0.3 is 43.4 Å². The molecule has 3 heterocycles. The van der Waals surface area contributed by atoms with Crippen molar-refractivity contribution in [1.29, 1.82) is 0 Å². The van der Waals surface area contributed by atoms with Gasteiger partial charge in [0.05, 0.1) is 66.9 Å². The van der Waals surface area contributed by atoms with E-state index in [1.165, 1.54) is 16.7 Å². The molecule has 246 valence electrons. The fraction of sp³-hybridized carbons (Fsp3) is 0.333. The van der Waals surface area contributed by atoms with Crippen molar-refractivity contribution in [2.75, 3.05) is 55.7 Å². The van der Waals surface area contributed by atoms with E-state index in [0.717, 1.165) is 94.4 Å². The predicted molar refractivity (Wildman–Crippen MR) is 182 cm³/mol. The van der Waals surface area contributed by atoms with Gasteiger partial charge in [-0.1, -0.05) is 0 Å². The molecular formula is C39H39N2O7+. The summed E-state index contributed by atoms with van der Waals surface area (Å²) in [4.78, 5) is 2.36.